The number of hydrogen-bond acceptors (Lipinski definition) is 6. The van der Waals surface area contributed by atoms with E-state index in [0.717, 1.165) is 10.5 Å². The second-order valence-electron chi connectivity index (χ2n) is 5.04. The van der Waals surface area contributed by atoms with Crippen LogP contribution in [-0.4, -0.2) is 30.8 Å². The molecule has 0 saturated carbocycles. The van der Waals surface area contributed by atoms with E-state index in [-0.39, 0.29) is 17.3 Å². The van der Waals surface area contributed by atoms with E-state index >= 15 is 0 Å². The Hall–Kier alpha value is -2.74. The lowest BCUT2D eigenvalue weighted by atomic mass is 10.2. The fourth-order valence-electron chi connectivity index (χ4n) is 2.03. The molecule has 2 aromatic rings. The molecule has 0 unspecified atom stereocenters. The highest BCUT2D eigenvalue weighted by atomic mass is 32.2. The van der Waals surface area contributed by atoms with Gasteiger partial charge in [-0.05, 0) is 29.8 Å². The summed E-state index contributed by atoms with van der Waals surface area (Å²) in [4.78, 5) is 22.9. The van der Waals surface area contributed by atoms with Gasteiger partial charge in [-0.15, -0.1) is 11.8 Å². The number of non-ortho nitro benzene ring substituents is 1. The van der Waals surface area contributed by atoms with Crippen molar-refractivity contribution >= 4 is 23.4 Å². The molecule has 132 valence electrons. The van der Waals surface area contributed by atoms with E-state index in [9.17, 15) is 14.9 Å². The molecule has 8 heteroatoms. The highest BCUT2D eigenvalue weighted by molar-refractivity contribution is 8.00. The molecule has 2 aromatic carbocycles. The zero-order valence-electron chi connectivity index (χ0n) is 13.9. The highest BCUT2D eigenvalue weighted by Gasteiger charge is 2.08. The third-order valence-corrected chi connectivity index (χ3v) is 4.33. The van der Waals surface area contributed by atoms with E-state index in [4.69, 9.17) is 9.47 Å². The van der Waals surface area contributed by atoms with Gasteiger partial charge in [0.05, 0.1) is 24.9 Å². The van der Waals surface area contributed by atoms with Crippen molar-refractivity contribution in [3.05, 3.63) is 58.1 Å². The van der Waals surface area contributed by atoms with Crippen LogP contribution < -0.4 is 14.8 Å². The van der Waals surface area contributed by atoms with Gasteiger partial charge in [0.2, 0.25) is 5.91 Å². The minimum atomic E-state index is -0.455. The van der Waals surface area contributed by atoms with Crippen molar-refractivity contribution < 1.29 is 19.2 Å². The molecule has 0 spiro atoms. The average molecular weight is 362 g/mol. The molecule has 0 heterocycles. The summed E-state index contributed by atoms with van der Waals surface area (Å²) in [6.45, 7) is 0.354. The number of methoxy groups -OCH3 is 2. The Morgan fingerprint density at radius 3 is 2.24 bits per heavy atom. The van der Waals surface area contributed by atoms with Crippen molar-refractivity contribution in [2.45, 2.75) is 11.4 Å². The fourth-order valence-corrected chi connectivity index (χ4v) is 2.76. The zero-order valence-corrected chi connectivity index (χ0v) is 14.7. The lowest BCUT2D eigenvalue weighted by Gasteiger charge is -2.09. The van der Waals surface area contributed by atoms with Crippen molar-refractivity contribution in [1.29, 1.82) is 0 Å². The normalized spacial score (nSPS) is 10.2. The molecule has 0 atom stereocenters. The standard InChI is InChI=1S/C17H18N2O5S/c1-23-14-7-12(8-15(9-14)24-2)10-18-17(20)11-25-16-5-3-13(4-6-16)19(21)22/h3-9H,10-11H2,1-2H3,(H,18,20). The van der Waals surface area contributed by atoms with Crippen LogP contribution in [0.1, 0.15) is 5.56 Å². The van der Waals surface area contributed by atoms with Crippen LogP contribution in [0.2, 0.25) is 0 Å². The second kappa shape index (κ2) is 8.93. The quantitative estimate of drug-likeness (QED) is 0.441. The van der Waals surface area contributed by atoms with Crippen LogP contribution in [0, 0.1) is 10.1 Å². The molecule has 1 N–H and O–H groups in total. The van der Waals surface area contributed by atoms with E-state index in [1.165, 1.54) is 23.9 Å². The van der Waals surface area contributed by atoms with E-state index < -0.39 is 4.92 Å². The molecule has 0 aromatic heterocycles. The Morgan fingerprint density at radius 1 is 1.12 bits per heavy atom. The largest absolute Gasteiger partial charge is 0.497 e. The van der Waals surface area contributed by atoms with Crippen LogP contribution in [0.4, 0.5) is 5.69 Å². The minimum absolute atomic E-state index is 0.0285. The topological polar surface area (TPSA) is 90.7 Å². The third kappa shape index (κ3) is 5.68. The molecule has 0 fully saturated rings. The molecule has 25 heavy (non-hydrogen) atoms. The maximum absolute atomic E-state index is 12.0. The molecule has 2 rings (SSSR count). The Labute approximate surface area is 149 Å². The van der Waals surface area contributed by atoms with E-state index in [1.54, 1.807) is 32.4 Å². The molecular weight excluding hydrogens is 344 g/mol. The molecule has 0 aliphatic rings. The van der Waals surface area contributed by atoms with Gasteiger partial charge in [-0.3, -0.25) is 14.9 Å². The number of rotatable bonds is 8. The second-order valence-corrected chi connectivity index (χ2v) is 6.09. The summed E-state index contributed by atoms with van der Waals surface area (Å²) >= 11 is 1.32. The fraction of sp³-hybridized carbons (Fsp3) is 0.235. The van der Waals surface area contributed by atoms with Gasteiger partial charge in [0.1, 0.15) is 11.5 Å². The number of ether oxygens (including phenoxy) is 2. The Balaban J connectivity index is 1.85. The van der Waals surface area contributed by atoms with E-state index in [0.29, 0.717) is 18.0 Å². The van der Waals surface area contributed by atoms with Crippen LogP contribution in [0.5, 0.6) is 11.5 Å². The summed E-state index contributed by atoms with van der Waals surface area (Å²) in [6.07, 6.45) is 0. The van der Waals surface area contributed by atoms with E-state index in [2.05, 4.69) is 5.32 Å². The minimum Gasteiger partial charge on any atom is -0.497 e. The third-order valence-electron chi connectivity index (χ3n) is 3.32. The van der Waals surface area contributed by atoms with Gasteiger partial charge < -0.3 is 14.8 Å². The molecule has 0 bridgehead atoms. The van der Waals surface area contributed by atoms with Crippen molar-refractivity contribution in [3.63, 3.8) is 0 Å². The van der Waals surface area contributed by atoms with Crippen molar-refractivity contribution in [3.8, 4) is 11.5 Å². The predicted octanol–water partition coefficient (Wildman–Crippen LogP) is 3.02. The summed E-state index contributed by atoms with van der Waals surface area (Å²) in [7, 11) is 3.13. The Bertz CT molecular complexity index is 727. The van der Waals surface area contributed by atoms with Crippen molar-refractivity contribution in [1.82, 2.24) is 5.32 Å². The number of thioether (sulfide) groups is 1. The van der Waals surface area contributed by atoms with Gasteiger partial charge in [-0.2, -0.15) is 0 Å². The molecule has 0 aliphatic carbocycles. The van der Waals surface area contributed by atoms with Crippen molar-refractivity contribution in [2.75, 3.05) is 20.0 Å². The maximum atomic E-state index is 12.0. The molecule has 0 saturated heterocycles. The average Bonchev–Trinajstić information content (AvgIpc) is 2.64. The number of benzene rings is 2. The van der Waals surface area contributed by atoms with E-state index in [1.807, 2.05) is 12.1 Å². The number of hydrogen-bond donors (Lipinski definition) is 1. The molecule has 7 nitrogen and oxygen atoms in total. The SMILES string of the molecule is COc1cc(CNC(=O)CSc2ccc([N+](=O)[O-])cc2)cc(OC)c1. The first kappa shape index (κ1) is 18.6. The summed E-state index contributed by atoms with van der Waals surface area (Å²) in [5.74, 6) is 1.40. The molecular formula is C17H18N2O5S. The molecule has 1 amide bonds. The van der Waals surface area contributed by atoms with Gasteiger partial charge in [0, 0.05) is 29.6 Å². The van der Waals surface area contributed by atoms with Gasteiger partial charge in [0.25, 0.3) is 5.69 Å². The number of nitrogens with zero attached hydrogens (tertiary/aromatic N) is 1. The van der Waals surface area contributed by atoms with Crippen LogP contribution in [-0.2, 0) is 11.3 Å². The predicted molar refractivity (Wildman–Crippen MR) is 95.2 cm³/mol. The number of nitro benzene ring substituents is 1. The maximum Gasteiger partial charge on any atom is 0.269 e. The highest BCUT2D eigenvalue weighted by Crippen LogP contribution is 2.23. The number of nitrogens with one attached hydrogen (secondary N) is 1. The van der Waals surface area contributed by atoms with Crippen LogP contribution in [0.15, 0.2) is 47.4 Å². The van der Waals surface area contributed by atoms with Crippen LogP contribution >= 0.6 is 11.8 Å². The number of carbonyl (C=O) groups excluding carboxylic acids is 1. The summed E-state index contributed by atoms with van der Waals surface area (Å²) in [5, 5.41) is 13.4. The Morgan fingerprint density at radius 2 is 1.72 bits per heavy atom. The van der Waals surface area contributed by atoms with Crippen molar-refractivity contribution in [2.24, 2.45) is 0 Å². The molecule has 0 aliphatic heterocycles. The van der Waals surface area contributed by atoms with Gasteiger partial charge in [-0.1, -0.05) is 0 Å². The monoisotopic (exact) mass is 362 g/mol. The van der Waals surface area contributed by atoms with Gasteiger partial charge in [-0.25, -0.2) is 0 Å². The smallest absolute Gasteiger partial charge is 0.269 e. The lowest BCUT2D eigenvalue weighted by Crippen LogP contribution is -2.24. The number of amides is 1. The first-order chi connectivity index (χ1) is 12.0. The Kier molecular flexibility index (Phi) is 6.64. The van der Waals surface area contributed by atoms with Gasteiger partial charge in [0.15, 0.2) is 0 Å². The van der Waals surface area contributed by atoms with Crippen LogP contribution in [0.3, 0.4) is 0 Å². The number of nitro groups is 1. The van der Waals surface area contributed by atoms with Crippen LogP contribution in [0.25, 0.3) is 0 Å². The summed E-state index contributed by atoms with van der Waals surface area (Å²) in [6, 6.07) is 11.5. The lowest BCUT2D eigenvalue weighted by molar-refractivity contribution is -0.384. The number of carbonyl (C=O) groups is 1. The molecule has 0 radical (unpaired) electrons. The zero-order chi connectivity index (χ0) is 18.2. The first-order valence-electron chi connectivity index (χ1n) is 7.37. The van der Waals surface area contributed by atoms with Gasteiger partial charge >= 0.3 is 0 Å². The summed E-state index contributed by atoms with van der Waals surface area (Å²) < 4.78 is 10.4. The summed E-state index contributed by atoms with van der Waals surface area (Å²) in [5.41, 5.74) is 0.894. The first-order valence-corrected chi connectivity index (χ1v) is 8.36.